The second-order valence-corrected chi connectivity index (χ2v) is 6.26. The van der Waals surface area contributed by atoms with Gasteiger partial charge in [-0.05, 0) is 23.8 Å². The topological polar surface area (TPSA) is 102 Å². The summed E-state index contributed by atoms with van der Waals surface area (Å²) in [6.45, 7) is 2.41. The van der Waals surface area contributed by atoms with E-state index in [1.807, 2.05) is 18.2 Å². The van der Waals surface area contributed by atoms with Crippen LogP contribution in [0.25, 0.3) is 10.9 Å². The lowest BCUT2D eigenvalue weighted by Crippen LogP contribution is -2.31. The molecule has 4 N–H and O–H groups in total. The van der Waals surface area contributed by atoms with Crippen molar-refractivity contribution in [1.82, 2.24) is 20.2 Å². The van der Waals surface area contributed by atoms with E-state index >= 15 is 0 Å². The number of aryl methyl sites for hydroxylation is 1. The largest absolute Gasteiger partial charge is 0.370 e. The Hall–Kier alpha value is -3.19. The third-order valence-corrected chi connectivity index (χ3v) is 4.30. The van der Waals surface area contributed by atoms with Crippen LogP contribution in [0.3, 0.4) is 0 Å². The maximum atomic E-state index is 12.0. The highest BCUT2D eigenvalue weighted by Crippen LogP contribution is 2.21. The standard InChI is InChI=1S/C20H23N5O2/c21-19(26)7-11-25-14-16(17-5-1-2-6-18(17)25)13-23-9-10-24-20(27)15-4-3-8-22-12-15/h1-6,8,12,14,23H,7,9-11,13H2,(H2,21,26)(H,24,27). The van der Waals surface area contributed by atoms with Crippen molar-refractivity contribution in [3.05, 3.63) is 66.1 Å². The average Bonchev–Trinajstić information content (AvgIpc) is 3.04. The van der Waals surface area contributed by atoms with Gasteiger partial charge in [0.05, 0.1) is 5.56 Å². The fraction of sp³-hybridized carbons (Fsp3) is 0.250. The number of fused-ring (bicyclic) bond motifs is 1. The first-order valence-corrected chi connectivity index (χ1v) is 8.89. The normalized spacial score (nSPS) is 10.8. The van der Waals surface area contributed by atoms with Gasteiger partial charge in [0.1, 0.15) is 0 Å². The van der Waals surface area contributed by atoms with Gasteiger partial charge < -0.3 is 20.9 Å². The number of aromatic nitrogens is 2. The highest BCUT2D eigenvalue weighted by Gasteiger charge is 2.09. The molecular formula is C20H23N5O2. The number of nitrogens with zero attached hydrogens (tertiary/aromatic N) is 2. The lowest BCUT2D eigenvalue weighted by molar-refractivity contribution is -0.118. The third-order valence-electron chi connectivity index (χ3n) is 4.30. The zero-order valence-electron chi connectivity index (χ0n) is 15.0. The average molecular weight is 365 g/mol. The molecule has 0 unspecified atom stereocenters. The monoisotopic (exact) mass is 365 g/mol. The molecule has 3 aromatic rings. The van der Waals surface area contributed by atoms with Crippen molar-refractivity contribution in [2.24, 2.45) is 5.73 Å². The van der Waals surface area contributed by atoms with Gasteiger partial charge in [0.25, 0.3) is 5.91 Å². The SMILES string of the molecule is NC(=O)CCn1cc(CNCCNC(=O)c2cccnc2)c2ccccc21. The van der Waals surface area contributed by atoms with E-state index in [0.29, 0.717) is 38.2 Å². The van der Waals surface area contributed by atoms with Crippen molar-refractivity contribution in [2.75, 3.05) is 13.1 Å². The van der Waals surface area contributed by atoms with Crippen molar-refractivity contribution in [3.63, 3.8) is 0 Å². The number of carbonyl (C=O) groups is 2. The number of benzene rings is 1. The first kappa shape index (κ1) is 18.6. The van der Waals surface area contributed by atoms with Gasteiger partial charge in [-0.25, -0.2) is 0 Å². The molecule has 0 atom stereocenters. The molecule has 3 rings (SSSR count). The van der Waals surface area contributed by atoms with Crippen LogP contribution in [0.4, 0.5) is 0 Å². The van der Waals surface area contributed by atoms with E-state index in [-0.39, 0.29) is 11.8 Å². The number of carbonyl (C=O) groups excluding carboxylic acids is 2. The lowest BCUT2D eigenvalue weighted by Gasteiger charge is -2.06. The third kappa shape index (κ3) is 4.92. The summed E-state index contributed by atoms with van der Waals surface area (Å²) in [5.74, 6) is -0.440. The number of nitrogens with one attached hydrogen (secondary N) is 2. The van der Waals surface area contributed by atoms with Gasteiger partial charge >= 0.3 is 0 Å². The Bertz CT molecular complexity index is 921. The molecule has 0 aliphatic carbocycles. The summed E-state index contributed by atoms with van der Waals surface area (Å²) >= 11 is 0. The van der Waals surface area contributed by atoms with E-state index in [1.165, 1.54) is 0 Å². The number of para-hydroxylation sites is 1. The second kappa shape index (κ2) is 8.95. The number of rotatable bonds is 9. The summed E-state index contributed by atoms with van der Waals surface area (Å²) in [6, 6.07) is 11.6. The Kier molecular flexibility index (Phi) is 6.17. The van der Waals surface area contributed by atoms with E-state index in [2.05, 4.69) is 32.4 Å². The Morgan fingerprint density at radius 3 is 2.74 bits per heavy atom. The molecule has 7 nitrogen and oxygen atoms in total. The molecule has 7 heteroatoms. The van der Waals surface area contributed by atoms with Crippen LogP contribution in [0, 0.1) is 0 Å². The number of amides is 2. The highest BCUT2D eigenvalue weighted by molar-refractivity contribution is 5.93. The molecule has 27 heavy (non-hydrogen) atoms. The first-order chi connectivity index (χ1) is 13.1. The first-order valence-electron chi connectivity index (χ1n) is 8.89. The Morgan fingerprint density at radius 1 is 1.11 bits per heavy atom. The van der Waals surface area contributed by atoms with Crippen LogP contribution < -0.4 is 16.4 Å². The molecule has 0 radical (unpaired) electrons. The molecule has 2 aromatic heterocycles. The van der Waals surface area contributed by atoms with Crippen LogP contribution in [0.2, 0.25) is 0 Å². The summed E-state index contributed by atoms with van der Waals surface area (Å²) in [7, 11) is 0. The molecule has 2 heterocycles. The Morgan fingerprint density at radius 2 is 1.96 bits per heavy atom. The molecule has 0 aliphatic rings. The van der Waals surface area contributed by atoms with E-state index in [9.17, 15) is 9.59 Å². The number of primary amides is 1. The fourth-order valence-electron chi connectivity index (χ4n) is 2.97. The predicted octanol–water partition coefficient (Wildman–Crippen LogP) is 1.43. The van der Waals surface area contributed by atoms with Gasteiger partial charge in [0.15, 0.2) is 0 Å². The fourth-order valence-corrected chi connectivity index (χ4v) is 2.97. The van der Waals surface area contributed by atoms with Crippen LogP contribution in [0.1, 0.15) is 22.3 Å². The van der Waals surface area contributed by atoms with Gasteiger partial charge in [0, 0.05) is 62.1 Å². The second-order valence-electron chi connectivity index (χ2n) is 6.26. The van der Waals surface area contributed by atoms with Crippen LogP contribution in [0.5, 0.6) is 0 Å². The molecule has 140 valence electrons. The van der Waals surface area contributed by atoms with Gasteiger partial charge in [-0.3, -0.25) is 14.6 Å². The van der Waals surface area contributed by atoms with E-state index in [0.717, 1.165) is 16.5 Å². The quantitative estimate of drug-likeness (QED) is 0.499. The Labute approximate surface area is 157 Å². The number of hydrogen-bond acceptors (Lipinski definition) is 4. The van der Waals surface area contributed by atoms with Gasteiger partial charge in [-0.1, -0.05) is 18.2 Å². The summed E-state index contributed by atoms with van der Waals surface area (Å²) in [5.41, 5.74) is 8.05. The minimum absolute atomic E-state index is 0.132. The summed E-state index contributed by atoms with van der Waals surface area (Å²) in [5, 5.41) is 7.35. The number of pyridine rings is 1. The molecule has 1 aromatic carbocycles. The zero-order chi connectivity index (χ0) is 19.1. The van der Waals surface area contributed by atoms with E-state index in [4.69, 9.17) is 5.73 Å². The maximum Gasteiger partial charge on any atom is 0.252 e. The molecule has 2 amide bonds. The number of nitrogens with two attached hydrogens (primary N) is 1. The van der Waals surface area contributed by atoms with Gasteiger partial charge in [-0.15, -0.1) is 0 Å². The summed E-state index contributed by atoms with van der Waals surface area (Å²) < 4.78 is 2.06. The highest BCUT2D eigenvalue weighted by atomic mass is 16.2. The maximum absolute atomic E-state index is 12.0. The van der Waals surface area contributed by atoms with Crippen LogP contribution in [0.15, 0.2) is 55.0 Å². The van der Waals surface area contributed by atoms with Crippen molar-refractivity contribution < 1.29 is 9.59 Å². The smallest absolute Gasteiger partial charge is 0.252 e. The molecule has 0 fully saturated rings. The molecule has 0 saturated carbocycles. The van der Waals surface area contributed by atoms with Crippen molar-refractivity contribution >= 4 is 22.7 Å². The van der Waals surface area contributed by atoms with Gasteiger partial charge in [0.2, 0.25) is 5.91 Å². The molecule has 0 aliphatic heterocycles. The zero-order valence-corrected chi connectivity index (χ0v) is 15.0. The van der Waals surface area contributed by atoms with E-state index in [1.54, 1.807) is 24.5 Å². The Balaban J connectivity index is 1.53. The van der Waals surface area contributed by atoms with Crippen LogP contribution in [-0.4, -0.2) is 34.5 Å². The summed E-state index contributed by atoms with van der Waals surface area (Å²) in [6.07, 6.45) is 5.54. The van der Waals surface area contributed by atoms with Gasteiger partial charge in [-0.2, -0.15) is 0 Å². The van der Waals surface area contributed by atoms with Crippen molar-refractivity contribution in [2.45, 2.75) is 19.5 Å². The number of hydrogen-bond donors (Lipinski definition) is 3. The summed E-state index contributed by atoms with van der Waals surface area (Å²) in [4.78, 5) is 27.0. The predicted molar refractivity (Wildman–Crippen MR) is 104 cm³/mol. The minimum Gasteiger partial charge on any atom is -0.370 e. The van der Waals surface area contributed by atoms with Crippen LogP contribution >= 0.6 is 0 Å². The van der Waals surface area contributed by atoms with Crippen LogP contribution in [-0.2, 0) is 17.9 Å². The van der Waals surface area contributed by atoms with Crippen molar-refractivity contribution in [3.8, 4) is 0 Å². The molecule has 0 bridgehead atoms. The van der Waals surface area contributed by atoms with Crippen molar-refractivity contribution in [1.29, 1.82) is 0 Å². The molecular weight excluding hydrogens is 342 g/mol. The molecule has 0 saturated heterocycles. The minimum atomic E-state index is -0.309. The lowest BCUT2D eigenvalue weighted by atomic mass is 10.2. The molecule has 0 spiro atoms. The van der Waals surface area contributed by atoms with E-state index < -0.39 is 0 Å².